The van der Waals surface area contributed by atoms with Crippen molar-refractivity contribution in [3.05, 3.63) is 64.2 Å². The summed E-state index contributed by atoms with van der Waals surface area (Å²) in [4.78, 5) is 23.5. The summed E-state index contributed by atoms with van der Waals surface area (Å²) in [6, 6.07) is 12.6. The highest BCUT2D eigenvalue weighted by Crippen LogP contribution is 2.22. The van der Waals surface area contributed by atoms with Crippen LogP contribution >= 0.6 is 11.6 Å². The van der Waals surface area contributed by atoms with E-state index in [-0.39, 0.29) is 0 Å². The molecule has 0 saturated carbocycles. The lowest BCUT2D eigenvalue weighted by Crippen LogP contribution is -2.32. The number of carbonyl (C=O) groups is 2. The van der Waals surface area contributed by atoms with Gasteiger partial charge in [0.25, 0.3) is 0 Å². The van der Waals surface area contributed by atoms with E-state index < -0.39 is 11.8 Å². The molecule has 0 aliphatic heterocycles. The number of hydrogen-bond acceptors (Lipinski definition) is 3. The third kappa shape index (κ3) is 4.66. The highest BCUT2D eigenvalue weighted by molar-refractivity contribution is 6.40. The second kappa shape index (κ2) is 7.56. The lowest BCUT2D eigenvalue weighted by atomic mass is 10.2. The van der Waals surface area contributed by atoms with Crippen molar-refractivity contribution in [2.24, 2.45) is 5.10 Å². The standard InChI is InChI=1S/C17H16ClN3O2/c1-11-6-8-13(9-7-11)10-19-21-17(23)16(22)20-15-5-3-4-14(18)12(15)2/h3-10H,1-2H3,(H,20,22)(H,21,23)/b19-10-. The largest absolute Gasteiger partial charge is 0.329 e. The minimum absolute atomic E-state index is 0.486. The Kier molecular flexibility index (Phi) is 5.49. The molecule has 0 fully saturated rings. The molecule has 0 spiro atoms. The normalized spacial score (nSPS) is 10.6. The Morgan fingerprint density at radius 3 is 2.43 bits per heavy atom. The number of amides is 2. The summed E-state index contributed by atoms with van der Waals surface area (Å²) >= 11 is 5.96. The summed E-state index contributed by atoms with van der Waals surface area (Å²) in [6.45, 7) is 3.73. The molecule has 0 unspecified atom stereocenters. The predicted octanol–water partition coefficient (Wildman–Crippen LogP) is 3.05. The van der Waals surface area contributed by atoms with Crippen LogP contribution in [0.1, 0.15) is 16.7 Å². The Balaban J connectivity index is 1.94. The van der Waals surface area contributed by atoms with Crippen LogP contribution in [0.4, 0.5) is 5.69 Å². The minimum atomic E-state index is -0.854. The van der Waals surface area contributed by atoms with Gasteiger partial charge in [0, 0.05) is 10.7 Å². The van der Waals surface area contributed by atoms with Gasteiger partial charge >= 0.3 is 11.8 Å². The van der Waals surface area contributed by atoms with Crippen molar-refractivity contribution < 1.29 is 9.59 Å². The smallest absolute Gasteiger partial charge is 0.317 e. The molecule has 23 heavy (non-hydrogen) atoms. The van der Waals surface area contributed by atoms with E-state index in [9.17, 15) is 9.59 Å². The third-order valence-corrected chi connectivity index (χ3v) is 3.59. The zero-order chi connectivity index (χ0) is 16.8. The van der Waals surface area contributed by atoms with Crippen LogP contribution in [0.25, 0.3) is 0 Å². The molecule has 0 aliphatic carbocycles. The molecule has 0 aromatic heterocycles. The Hall–Kier alpha value is -2.66. The van der Waals surface area contributed by atoms with Gasteiger partial charge < -0.3 is 5.32 Å². The number of carbonyl (C=O) groups excluding carboxylic acids is 2. The first-order valence-corrected chi connectivity index (χ1v) is 7.31. The average molecular weight is 330 g/mol. The number of hydrogen-bond donors (Lipinski definition) is 2. The number of nitrogens with zero attached hydrogens (tertiary/aromatic N) is 1. The summed E-state index contributed by atoms with van der Waals surface area (Å²) in [5.41, 5.74) is 5.31. The van der Waals surface area contributed by atoms with Crippen molar-refractivity contribution in [1.29, 1.82) is 0 Å². The molecule has 118 valence electrons. The van der Waals surface area contributed by atoms with Crippen molar-refractivity contribution in [2.75, 3.05) is 5.32 Å². The molecular formula is C17H16ClN3O2. The van der Waals surface area contributed by atoms with Gasteiger partial charge in [0.15, 0.2) is 0 Å². The maximum Gasteiger partial charge on any atom is 0.329 e. The van der Waals surface area contributed by atoms with Crippen LogP contribution in [0.3, 0.4) is 0 Å². The van der Waals surface area contributed by atoms with Crippen LogP contribution in [0.5, 0.6) is 0 Å². The van der Waals surface area contributed by atoms with E-state index in [2.05, 4.69) is 15.8 Å². The summed E-state index contributed by atoms with van der Waals surface area (Å²) < 4.78 is 0. The monoisotopic (exact) mass is 329 g/mol. The predicted molar refractivity (Wildman–Crippen MR) is 91.7 cm³/mol. The molecule has 0 heterocycles. The summed E-state index contributed by atoms with van der Waals surface area (Å²) in [6.07, 6.45) is 1.47. The third-order valence-electron chi connectivity index (χ3n) is 3.18. The van der Waals surface area contributed by atoms with Gasteiger partial charge in [-0.05, 0) is 37.1 Å². The first kappa shape index (κ1) is 16.7. The molecule has 6 heteroatoms. The molecule has 2 rings (SSSR count). The van der Waals surface area contributed by atoms with Gasteiger partial charge in [-0.3, -0.25) is 9.59 Å². The maximum atomic E-state index is 11.8. The fourth-order valence-electron chi connectivity index (χ4n) is 1.79. The number of benzene rings is 2. The first-order valence-electron chi connectivity index (χ1n) is 6.93. The lowest BCUT2D eigenvalue weighted by Gasteiger charge is -2.08. The van der Waals surface area contributed by atoms with Crippen LogP contribution in [0.15, 0.2) is 47.6 Å². The van der Waals surface area contributed by atoms with Crippen LogP contribution in [-0.4, -0.2) is 18.0 Å². The van der Waals surface area contributed by atoms with E-state index in [1.807, 2.05) is 31.2 Å². The molecule has 0 aliphatic rings. The highest BCUT2D eigenvalue weighted by atomic mass is 35.5. The van der Waals surface area contributed by atoms with Gasteiger partial charge in [-0.1, -0.05) is 47.5 Å². The van der Waals surface area contributed by atoms with Gasteiger partial charge in [0.1, 0.15) is 0 Å². The van der Waals surface area contributed by atoms with E-state index in [1.54, 1.807) is 25.1 Å². The molecule has 2 N–H and O–H groups in total. The molecule has 0 bridgehead atoms. The second-order valence-electron chi connectivity index (χ2n) is 4.98. The Morgan fingerprint density at radius 2 is 1.74 bits per heavy atom. The number of anilines is 1. The van der Waals surface area contributed by atoms with E-state index in [4.69, 9.17) is 11.6 Å². The van der Waals surface area contributed by atoms with Crippen molar-refractivity contribution >= 4 is 35.3 Å². The zero-order valence-electron chi connectivity index (χ0n) is 12.8. The molecule has 0 saturated heterocycles. The van der Waals surface area contributed by atoms with E-state index in [0.717, 1.165) is 11.1 Å². The van der Waals surface area contributed by atoms with Crippen molar-refractivity contribution in [1.82, 2.24) is 5.43 Å². The summed E-state index contributed by atoms with van der Waals surface area (Å²) in [5, 5.41) is 6.77. The Labute approximate surface area is 139 Å². The van der Waals surface area contributed by atoms with E-state index in [1.165, 1.54) is 6.21 Å². The number of hydrazone groups is 1. The fraction of sp³-hybridized carbons (Fsp3) is 0.118. The van der Waals surface area contributed by atoms with Gasteiger partial charge in [-0.2, -0.15) is 5.10 Å². The Bertz CT molecular complexity index is 755. The van der Waals surface area contributed by atoms with Crippen molar-refractivity contribution in [2.45, 2.75) is 13.8 Å². The van der Waals surface area contributed by atoms with Gasteiger partial charge in [-0.25, -0.2) is 5.43 Å². The molecular weight excluding hydrogens is 314 g/mol. The molecule has 2 aromatic rings. The van der Waals surface area contributed by atoms with Crippen LogP contribution < -0.4 is 10.7 Å². The molecule has 0 atom stereocenters. The van der Waals surface area contributed by atoms with Gasteiger partial charge in [0.05, 0.1) is 6.21 Å². The number of rotatable bonds is 3. The maximum absolute atomic E-state index is 11.8. The quantitative estimate of drug-likeness (QED) is 0.516. The van der Waals surface area contributed by atoms with Gasteiger partial charge in [-0.15, -0.1) is 0 Å². The van der Waals surface area contributed by atoms with Crippen LogP contribution in [-0.2, 0) is 9.59 Å². The van der Waals surface area contributed by atoms with E-state index >= 15 is 0 Å². The minimum Gasteiger partial charge on any atom is -0.317 e. The van der Waals surface area contributed by atoms with Crippen LogP contribution in [0.2, 0.25) is 5.02 Å². The number of halogens is 1. The molecule has 2 aromatic carbocycles. The second-order valence-corrected chi connectivity index (χ2v) is 5.38. The number of aryl methyl sites for hydroxylation is 1. The first-order chi connectivity index (χ1) is 11.0. The molecule has 2 amide bonds. The van der Waals surface area contributed by atoms with Crippen LogP contribution in [0, 0.1) is 13.8 Å². The topological polar surface area (TPSA) is 70.6 Å². The Morgan fingerprint density at radius 1 is 1.04 bits per heavy atom. The van der Waals surface area contributed by atoms with Crippen molar-refractivity contribution in [3.63, 3.8) is 0 Å². The number of nitrogens with one attached hydrogen (secondary N) is 2. The zero-order valence-corrected chi connectivity index (χ0v) is 13.5. The average Bonchev–Trinajstić information content (AvgIpc) is 2.53. The lowest BCUT2D eigenvalue weighted by molar-refractivity contribution is -0.136. The van der Waals surface area contributed by atoms with E-state index in [0.29, 0.717) is 16.3 Å². The van der Waals surface area contributed by atoms with Gasteiger partial charge in [0.2, 0.25) is 0 Å². The van der Waals surface area contributed by atoms with Crippen molar-refractivity contribution in [3.8, 4) is 0 Å². The summed E-state index contributed by atoms with van der Waals surface area (Å²) in [5.74, 6) is -1.66. The summed E-state index contributed by atoms with van der Waals surface area (Å²) in [7, 11) is 0. The fourth-order valence-corrected chi connectivity index (χ4v) is 1.97. The highest BCUT2D eigenvalue weighted by Gasteiger charge is 2.14. The molecule has 5 nitrogen and oxygen atoms in total. The SMILES string of the molecule is Cc1ccc(/C=N\NC(=O)C(=O)Nc2cccc(Cl)c2C)cc1. The molecule has 0 radical (unpaired) electrons.